The van der Waals surface area contributed by atoms with Crippen LogP contribution in [-0.2, 0) is 22.7 Å². The van der Waals surface area contributed by atoms with Crippen molar-refractivity contribution in [1.82, 2.24) is 14.7 Å². The molecule has 2 aromatic carbocycles. The number of hydrogen-bond donors (Lipinski definition) is 1. The summed E-state index contributed by atoms with van der Waals surface area (Å²) in [4.78, 5) is 27.0. The lowest BCUT2D eigenvalue weighted by atomic mass is 10.1. The zero-order chi connectivity index (χ0) is 21.1. The molecule has 154 valence electrons. The number of aryl methyl sites for hydroxylation is 1. The molecule has 1 aliphatic rings. The summed E-state index contributed by atoms with van der Waals surface area (Å²) >= 11 is 3.43. The highest BCUT2D eigenvalue weighted by Crippen LogP contribution is 2.22. The van der Waals surface area contributed by atoms with Gasteiger partial charge in [-0.3, -0.25) is 9.59 Å². The van der Waals surface area contributed by atoms with Crippen LogP contribution in [0.2, 0.25) is 0 Å². The predicted octanol–water partition coefficient (Wildman–Crippen LogP) is 3.99. The number of nitrogens with one attached hydrogen (secondary N) is 1. The van der Waals surface area contributed by atoms with Crippen LogP contribution in [-0.4, -0.2) is 33.0 Å². The first kappa shape index (κ1) is 20.3. The molecule has 1 fully saturated rings. The molecule has 6 nitrogen and oxygen atoms in total. The maximum absolute atomic E-state index is 12.8. The molecular weight excluding hydrogens is 444 g/mol. The van der Waals surface area contributed by atoms with Gasteiger partial charge >= 0.3 is 0 Å². The van der Waals surface area contributed by atoms with E-state index in [0.717, 1.165) is 15.6 Å². The largest absolute Gasteiger partial charge is 0.338 e. The number of nitrogens with zero attached hydrogens (tertiary/aromatic N) is 3. The molecule has 4 rings (SSSR count). The minimum absolute atomic E-state index is 0.0131. The Hall–Kier alpha value is -2.93. The van der Waals surface area contributed by atoms with Crippen molar-refractivity contribution in [1.29, 1.82) is 0 Å². The summed E-state index contributed by atoms with van der Waals surface area (Å²) in [5, 5.41) is 7.27. The summed E-state index contributed by atoms with van der Waals surface area (Å²) in [7, 11) is 0. The molecule has 0 radical (unpaired) electrons. The van der Waals surface area contributed by atoms with Crippen molar-refractivity contribution in [2.45, 2.75) is 26.4 Å². The van der Waals surface area contributed by atoms with E-state index in [1.165, 1.54) is 5.56 Å². The van der Waals surface area contributed by atoms with Crippen LogP contribution in [0.3, 0.4) is 0 Å². The van der Waals surface area contributed by atoms with E-state index in [0.29, 0.717) is 25.5 Å². The van der Waals surface area contributed by atoms with Gasteiger partial charge in [0, 0.05) is 30.0 Å². The van der Waals surface area contributed by atoms with E-state index in [2.05, 4.69) is 26.3 Å². The minimum atomic E-state index is -0.362. The van der Waals surface area contributed by atoms with E-state index in [1.807, 2.05) is 55.5 Å². The lowest BCUT2D eigenvalue weighted by Crippen LogP contribution is -2.28. The van der Waals surface area contributed by atoms with Gasteiger partial charge < -0.3 is 10.2 Å². The minimum Gasteiger partial charge on any atom is -0.338 e. The molecule has 30 heavy (non-hydrogen) atoms. The fourth-order valence-corrected chi connectivity index (χ4v) is 3.83. The Labute approximate surface area is 184 Å². The summed E-state index contributed by atoms with van der Waals surface area (Å²) in [6.45, 7) is 3.55. The SMILES string of the molecule is Cc1ccc(CN2CC(C(=O)Nc3ccnn3Cc3ccc(Br)cc3)CC2=O)cc1. The number of amides is 2. The van der Waals surface area contributed by atoms with E-state index >= 15 is 0 Å². The number of halogens is 1. The number of rotatable bonds is 6. The molecular formula is C23H23BrN4O2. The van der Waals surface area contributed by atoms with Gasteiger partial charge in [0.2, 0.25) is 11.8 Å². The van der Waals surface area contributed by atoms with Gasteiger partial charge in [0.15, 0.2) is 0 Å². The van der Waals surface area contributed by atoms with E-state index < -0.39 is 0 Å². The van der Waals surface area contributed by atoms with Crippen LogP contribution in [0, 0.1) is 12.8 Å². The zero-order valence-corrected chi connectivity index (χ0v) is 18.3. The van der Waals surface area contributed by atoms with Crippen LogP contribution < -0.4 is 5.32 Å². The Morgan fingerprint density at radius 2 is 1.73 bits per heavy atom. The Morgan fingerprint density at radius 3 is 2.47 bits per heavy atom. The van der Waals surface area contributed by atoms with Gasteiger partial charge in [-0.1, -0.05) is 57.9 Å². The van der Waals surface area contributed by atoms with Crippen LogP contribution in [0.4, 0.5) is 5.82 Å². The Bertz CT molecular complexity index is 1040. The Kier molecular flexibility index (Phi) is 5.99. The zero-order valence-electron chi connectivity index (χ0n) is 16.7. The first-order valence-corrected chi connectivity index (χ1v) is 10.7. The maximum atomic E-state index is 12.8. The molecule has 7 heteroatoms. The first-order valence-electron chi connectivity index (χ1n) is 9.88. The molecule has 2 amide bonds. The summed E-state index contributed by atoms with van der Waals surface area (Å²) in [5.41, 5.74) is 3.34. The number of benzene rings is 2. The molecule has 0 spiro atoms. The van der Waals surface area contributed by atoms with E-state index in [4.69, 9.17) is 0 Å². The van der Waals surface area contributed by atoms with Crippen LogP contribution in [0.25, 0.3) is 0 Å². The first-order chi connectivity index (χ1) is 14.5. The molecule has 1 unspecified atom stereocenters. The third-order valence-corrected chi connectivity index (χ3v) is 5.82. The lowest BCUT2D eigenvalue weighted by Gasteiger charge is -2.17. The van der Waals surface area contributed by atoms with E-state index in [1.54, 1.807) is 21.8 Å². The quantitative estimate of drug-likeness (QED) is 0.596. The Morgan fingerprint density at radius 1 is 1.07 bits per heavy atom. The van der Waals surface area contributed by atoms with Crippen molar-refractivity contribution in [2.75, 3.05) is 11.9 Å². The average Bonchev–Trinajstić information content (AvgIpc) is 3.32. The van der Waals surface area contributed by atoms with E-state index in [9.17, 15) is 9.59 Å². The molecule has 0 aliphatic carbocycles. The summed E-state index contributed by atoms with van der Waals surface area (Å²) < 4.78 is 2.77. The second kappa shape index (κ2) is 8.83. The van der Waals surface area contributed by atoms with Gasteiger partial charge in [0.1, 0.15) is 5.82 Å². The van der Waals surface area contributed by atoms with Crippen molar-refractivity contribution in [3.05, 3.63) is 82.0 Å². The van der Waals surface area contributed by atoms with Crippen LogP contribution >= 0.6 is 15.9 Å². The van der Waals surface area contributed by atoms with Crippen molar-refractivity contribution in [2.24, 2.45) is 5.92 Å². The number of anilines is 1. The smallest absolute Gasteiger partial charge is 0.230 e. The van der Waals surface area contributed by atoms with Gasteiger partial charge in [0.05, 0.1) is 18.7 Å². The average molecular weight is 467 g/mol. The molecule has 1 atom stereocenters. The predicted molar refractivity (Wildman–Crippen MR) is 119 cm³/mol. The fraction of sp³-hybridized carbons (Fsp3) is 0.261. The number of likely N-dealkylation sites (tertiary alicyclic amines) is 1. The molecule has 1 aromatic heterocycles. The summed E-state index contributed by atoms with van der Waals surface area (Å²) in [6.07, 6.45) is 1.90. The molecule has 3 aromatic rings. The highest BCUT2D eigenvalue weighted by atomic mass is 79.9. The van der Waals surface area contributed by atoms with Crippen LogP contribution in [0.1, 0.15) is 23.1 Å². The highest BCUT2D eigenvalue weighted by Gasteiger charge is 2.34. The standard InChI is InChI=1S/C23H23BrN4O2/c1-16-2-4-17(5-3-16)13-27-15-19(12-22(27)29)23(30)26-21-10-11-25-28(21)14-18-6-8-20(24)9-7-18/h2-11,19H,12-15H2,1H3,(H,26,30). The topological polar surface area (TPSA) is 67.2 Å². The van der Waals surface area contributed by atoms with Crippen molar-refractivity contribution >= 4 is 33.6 Å². The van der Waals surface area contributed by atoms with E-state index in [-0.39, 0.29) is 24.2 Å². The molecule has 0 saturated carbocycles. The van der Waals surface area contributed by atoms with Gasteiger partial charge in [-0.2, -0.15) is 5.10 Å². The second-order valence-corrected chi connectivity index (χ2v) is 8.57. The van der Waals surface area contributed by atoms with Crippen molar-refractivity contribution in [3.8, 4) is 0 Å². The summed E-state index contributed by atoms with van der Waals surface area (Å²) in [6, 6.07) is 17.9. The highest BCUT2D eigenvalue weighted by molar-refractivity contribution is 9.10. The molecule has 1 N–H and O–H groups in total. The third-order valence-electron chi connectivity index (χ3n) is 5.29. The second-order valence-electron chi connectivity index (χ2n) is 7.65. The molecule has 1 saturated heterocycles. The van der Waals surface area contributed by atoms with Crippen molar-refractivity contribution < 1.29 is 9.59 Å². The van der Waals surface area contributed by atoms with Gasteiger partial charge in [0.25, 0.3) is 0 Å². The molecule has 2 heterocycles. The lowest BCUT2D eigenvalue weighted by molar-refractivity contribution is -0.128. The number of hydrogen-bond acceptors (Lipinski definition) is 3. The normalized spacial score (nSPS) is 16.1. The third kappa shape index (κ3) is 4.79. The van der Waals surface area contributed by atoms with Gasteiger partial charge in [-0.15, -0.1) is 0 Å². The monoisotopic (exact) mass is 466 g/mol. The van der Waals surface area contributed by atoms with Gasteiger partial charge in [-0.05, 0) is 30.2 Å². The van der Waals surface area contributed by atoms with Crippen LogP contribution in [0.5, 0.6) is 0 Å². The Balaban J connectivity index is 1.37. The number of carbonyl (C=O) groups is 2. The fourth-order valence-electron chi connectivity index (χ4n) is 3.57. The van der Waals surface area contributed by atoms with Crippen molar-refractivity contribution in [3.63, 3.8) is 0 Å². The van der Waals surface area contributed by atoms with Gasteiger partial charge in [-0.25, -0.2) is 4.68 Å². The molecule has 1 aliphatic heterocycles. The molecule has 0 bridgehead atoms. The number of aromatic nitrogens is 2. The number of carbonyl (C=O) groups excluding carboxylic acids is 2. The maximum Gasteiger partial charge on any atom is 0.230 e. The van der Waals surface area contributed by atoms with Crippen LogP contribution in [0.15, 0.2) is 65.3 Å². The summed E-state index contributed by atoms with van der Waals surface area (Å²) in [5.74, 6) is 0.137.